The lowest BCUT2D eigenvalue weighted by Crippen LogP contribution is -2.29. The van der Waals surface area contributed by atoms with E-state index in [1.165, 1.54) is 6.07 Å². The van der Waals surface area contributed by atoms with Crippen LogP contribution in [-0.4, -0.2) is 20.1 Å². The molecule has 0 fully saturated rings. The molecule has 0 unspecified atom stereocenters. The number of hydrogen-bond donors (Lipinski definition) is 1. The molecule has 1 atom stereocenters. The molecule has 102 valence electrons. The summed E-state index contributed by atoms with van der Waals surface area (Å²) >= 11 is 5.49. The topological polar surface area (TPSA) is 46.2 Å². The maximum Gasteiger partial charge on any atom is 0.212 e. The standard InChI is InChI=1S/C12H17ClFNO2S/c1-10(11-6-2-3-7-12(11)14)15-18(16,17)9-5-4-8-13/h2-3,6-7,10,15H,4-5,8-9H2,1H3/t10-/m1/s1. The third kappa shape index (κ3) is 4.92. The predicted molar refractivity (Wildman–Crippen MR) is 71.7 cm³/mol. The molecule has 0 radical (unpaired) electrons. The van der Waals surface area contributed by atoms with Crippen LogP contribution in [0.3, 0.4) is 0 Å². The zero-order valence-corrected chi connectivity index (χ0v) is 11.8. The van der Waals surface area contributed by atoms with Crippen molar-refractivity contribution >= 4 is 21.6 Å². The highest BCUT2D eigenvalue weighted by Crippen LogP contribution is 2.17. The molecule has 18 heavy (non-hydrogen) atoms. The monoisotopic (exact) mass is 293 g/mol. The van der Waals surface area contributed by atoms with Gasteiger partial charge < -0.3 is 0 Å². The summed E-state index contributed by atoms with van der Waals surface area (Å²) in [7, 11) is -3.39. The van der Waals surface area contributed by atoms with Crippen LogP contribution in [0, 0.1) is 5.82 Å². The van der Waals surface area contributed by atoms with Gasteiger partial charge in [-0.2, -0.15) is 0 Å². The summed E-state index contributed by atoms with van der Waals surface area (Å²) in [6, 6.07) is 5.55. The largest absolute Gasteiger partial charge is 0.212 e. The smallest absolute Gasteiger partial charge is 0.212 e. The van der Waals surface area contributed by atoms with Gasteiger partial charge in [-0.15, -0.1) is 11.6 Å². The van der Waals surface area contributed by atoms with Crippen LogP contribution in [0.25, 0.3) is 0 Å². The lowest BCUT2D eigenvalue weighted by atomic mass is 10.1. The second kappa shape index (κ2) is 7.07. The third-order valence-corrected chi connectivity index (χ3v) is 4.33. The summed E-state index contributed by atoms with van der Waals surface area (Å²) in [5.74, 6) is 0.0464. The molecule has 1 aromatic carbocycles. The highest BCUT2D eigenvalue weighted by atomic mass is 35.5. The summed E-state index contributed by atoms with van der Waals surface area (Å²) in [6.45, 7) is 1.62. The molecule has 0 saturated carbocycles. The summed E-state index contributed by atoms with van der Waals surface area (Å²) in [6.07, 6.45) is 1.15. The van der Waals surface area contributed by atoms with Crippen LogP contribution in [-0.2, 0) is 10.0 Å². The number of alkyl halides is 1. The first kappa shape index (κ1) is 15.4. The first-order valence-electron chi connectivity index (χ1n) is 5.76. The van der Waals surface area contributed by atoms with Gasteiger partial charge in [0.1, 0.15) is 5.82 Å². The van der Waals surface area contributed by atoms with Crippen molar-refractivity contribution in [3.63, 3.8) is 0 Å². The summed E-state index contributed by atoms with van der Waals surface area (Å²) in [5.41, 5.74) is 0.346. The van der Waals surface area contributed by atoms with Crippen molar-refractivity contribution < 1.29 is 12.8 Å². The summed E-state index contributed by atoms with van der Waals surface area (Å²) in [5, 5.41) is 0. The van der Waals surface area contributed by atoms with Crippen LogP contribution in [0.1, 0.15) is 31.4 Å². The maximum absolute atomic E-state index is 13.5. The zero-order valence-electron chi connectivity index (χ0n) is 10.2. The number of benzene rings is 1. The van der Waals surface area contributed by atoms with Crippen LogP contribution >= 0.6 is 11.6 Å². The summed E-state index contributed by atoms with van der Waals surface area (Å²) in [4.78, 5) is 0. The molecular weight excluding hydrogens is 277 g/mol. The van der Waals surface area contributed by atoms with E-state index in [1.54, 1.807) is 25.1 Å². The minimum atomic E-state index is -3.39. The molecule has 0 aliphatic rings. The predicted octanol–water partition coefficient (Wildman–Crippen LogP) is 2.83. The van der Waals surface area contributed by atoms with Gasteiger partial charge in [0, 0.05) is 17.5 Å². The Morgan fingerprint density at radius 1 is 1.33 bits per heavy atom. The minimum absolute atomic E-state index is 0.0124. The van der Waals surface area contributed by atoms with Crippen LogP contribution < -0.4 is 4.72 Å². The van der Waals surface area contributed by atoms with Crippen LogP contribution in [0.2, 0.25) is 0 Å². The average Bonchev–Trinajstić information content (AvgIpc) is 2.29. The molecule has 0 amide bonds. The van der Waals surface area contributed by atoms with Gasteiger partial charge in [0.15, 0.2) is 0 Å². The number of sulfonamides is 1. The van der Waals surface area contributed by atoms with Gasteiger partial charge in [-0.25, -0.2) is 17.5 Å². The van der Waals surface area contributed by atoms with E-state index >= 15 is 0 Å². The molecule has 6 heteroatoms. The normalized spacial score (nSPS) is 13.5. The van der Waals surface area contributed by atoms with Gasteiger partial charge in [-0.05, 0) is 25.8 Å². The molecule has 3 nitrogen and oxygen atoms in total. The van der Waals surface area contributed by atoms with Gasteiger partial charge >= 0.3 is 0 Å². The number of rotatable bonds is 7. The Labute approximate surface area is 112 Å². The molecule has 1 aromatic rings. The lowest BCUT2D eigenvalue weighted by Gasteiger charge is -2.15. The van der Waals surface area contributed by atoms with E-state index < -0.39 is 21.9 Å². The fraction of sp³-hybridized carbons (Fsp3) is 0.500. The van der Waals surface area contributed by atoms with Gasteiger partial charge in [0.2, 0.25) is 10.0 Å². The quantitative estimate of drug-likeness (QED) is 0.621. The number of nitrogens with one attached hydrogen (secondary N) is 1. The fourth-order valence-electron chi connectivity index (χ4n) is 1.60. The Morgan fingerprint density at radius 3 is 2.61 bits per heavy atom. The van der Waals surface area contributed by atoms with E-state index in [0.29, 0.717) is 24.3 Å². The van der Waals surface area contributed by atoms with Crippen molar-refractivity contribution in [2.45, 2.75) is 25.8 Å². The molecule has 0 aliphatic carbocycles. The van der Waals surface area contributed by atoms with Crippen molar-refractivity contribution in [2.24, 2.45) is 0 Å². The van der Waals surface area contributed by atoms with Crippen molar-refractivity contribution in [3.8, 4) is 0 Å². The number of halogens is 2. The number of unbranched alkanes of at least 4 members (excludes halogenated alkanes) is 1. The van der Waals surface area contributed by atoms with E-state index in [1.807, 2.05) is 0 Å². The maximum atomic E-state index is 13.5. The van der Waals surface area contributed by atoms with Gasteiger partial charge in [-0.3, -0.25) is 0 Å². The Hall–Kier alpha value is -0.650. The van der Waals surface area contributed by atoms with E-state index in [4.69, 9.17) is 11.6 Å². The van der Waals surface area contributed by atoms with Crippen molar-refractivity contribution in [1.29, 1.82) is 0 Å². The Balaban J connectivity index is 2.64. The highest BCUT2D eigenvalue weighted by molar-refractivity contribution is 7.89. The second-order valence-electron chi connectivity index (χ2n) is 4.08. The Morgan fingerprint density at radius 2 is 2.00 bits per heavy atom. The Kier molecular flexibility index (Phi) is 6.05. The van der Waals surface area contributed by atoms with E-state index in [9.17, 15) is 12.8 Å². The molecule has 0 aromatic heterocycles. The van der Waals surface area contributed by atoms with Crippen LogP contribution in [0.5, 0.6) is 0 Å². The van der Waals surface area contributed by atoms with E-state index in [-0.39, 0.29) is 5.75 Å². The molecule has 1 N–H and O–H groups in total. The van der Waals surface area contributed by atoms with Gasteiger partial charge in [-0.1, -0.05) is 18.2 Å². The molecule has 0 heterocycles. The summed E-state index contributed by atoms with van der Waals surface area (Å²) < 4.78 is 39.4. The molecule has 0 bridgehead atoms. The average molecular weight is 294 g/mol. The van der Waals surface area contributed by atoms with Crippen molar-refractivity contribution in [1.82, 2.24) is 4.72 Å². The second-order valence-corrected chi connectivity index (χ2v) is 6.33. The first-order valence-corrected chi connectivity index (χ1v) is 7.95. The lowest BCUT2D eigenvalue weighted by molar-refractivity contribution is 0.548. The van der Waals surface area contributed by atoms with Crippen LogP contribution in [0.15, 0.2) is 24.3 Å². The molecular formula is C12H17ClFNO2S. The third-order valence-electron chi connectivity index (χ3n) is 2.52. The van der Waals surface area contributed by atoms with E-state index in [0.717, 1.165) is 0 Å². The minimum Gasteiger partial charge on any atom is -0.212 e. The highest BCUT2D eigenvalue weighted by Gasteiger charge is 2.17. The van der Waals surface area contributed by atoms with Crippen molar-refractivity contribution in [2.75, 3.05) is 11.6 Å². The van der Waals surface area contributed by atoms with Gasteiger partial charge in [0.25, 0.3) is 0 Å². The molecule has 0 saturated heterocycles. The molecule has 0 aliphatic heterocycles. The van der Waals surface area contributed by atoms with Crippen molar-refractivity contribution in [3.05, 3.63) is 35.6 Å². The van der Waals surface area contributed by atoms with Crippen LogP contribution in [0.4, 0.5) is 4.39 Å². The SMILES string of the molecule is C[C@@H](NS(=O)(=O)CCCCCl)c1ccccc1F. The fourth-order valence-corrected chi connectivity index (χ4v) is 3.16. The number of hydrogen-bond acceptors (Lipinski definition) is 2. The molecule has 1 rings (SSSR count). The van der Waals surface area contributed by atoms with Gasteiger partial charge in [0.05, 0.1) is 5.75 Å². The Bertz CT molecular complexity index is 479. The molecule has 0 spiro atoms. The first-order chi connectivity index (χ1) is 8.46. The zero-order chi connectivity index (χ0) is 13.6. The van der Waals surface area contributed by atoms with E-state index in [2.05, 4.69) is 4.72 Å².